The van der Waals surface area contributed by atoms with Gasteiger partial charge in [0.05, 0.1) is 5.56 Å². The highest BCUT2D eigenvalue weighted by atomic mass is 35.5. The molecule has 1 unspecified atom stereocenters. The van der Waals surface area contributed by atoms with Crippen LogP contribution in [0.1, 0.15) is 36.5 Å². The van der Waals surface area contributed by atoms with Crippen LogP contribution in [-0.2, 0) is 4.79 Å². The second kappa shape index (κ2) is 7.25. The number of nitrogens with one attached hydrogen (secondary N) is 1. The zero-order valence-electron chi connectivity index (χ0n) is 10.2. The predicted octanol–water partition coefficient (Wildman–Crippen LogP) is 2.16. The van der Waals surface area contributed by atoms with Crippen LogP contribution >= 0.6 is 23.2 Å². The van der Waals surface area contributed by atoms with Crippen molar-refractivity contribution in [2.45, 2.75) is 32.2 Å². The van der Waals surface area contributed by atoms with Gasteiger partial charge in [0.15, 0.2) is 10.3 Å². The van der Waals surface area contributed by atoms with Gasteiger partial charge in [0, 0.05) is 12.5 Å². The Labute approximate surface area is 120 Å². The second-order valence-corrected chi connectivity index (χ2v) is 4.78. The minimum Gasteiger partial charge on any atom is -0.481 e. The van der Waals surface area contributed by atoms with Crippen molar-refractivity contribution < 1.29 is 14.7 Å². The van der Waals surface area contributed by atoms with Crippen molar-refractivity contribution in [1.82, 2.24) is 15.5 Å². The molecule has 8 heteroatoms. The summed E-state index contributed by atoms with van der Waals surface area (Å²) >= 11 is 11.4. The van der Waals surface area contributed by atoms with Gasteiger partial charge in [0.25, 0.3) is 5.91 Å². The fourth-order valence-corrected chi connectivity index (χ4v) is 1.77. The molecule has 2 N–H and O–H groups in total. The Bertz CT molecular complexity index is 482. The Hall–Kier alpha value is -1.40. The molecule has 19 heavy (non-hydrogen) atoms. The van der Waals surface area contributed by atoms with E-state index in [1.807, 2.05) is 0 Å². The standard InChI is InChI=1S/C11H13Cl2N3O3/c1-6(3-2-4-9(17)18)14-11(19)7-5-8(12)15-16-10(7)13/h5-6H,2-4H2,1H3,(H,14,19)(H,17,18). The zero-order chi connectivity index (χ0) is 14.4. The van der Waals surface area contributed by atoms with E-state index in [0.717, 1.165) is 0 Å². The maximum atomic E-state index is 11.9. The Morgan fingerprint density at radius 3 is 2.74 bits per heavy atom. The van der Waals surface area contributed by atoms with Crippen molar-refractivity contribution in [2.75, 3.05) is 0 Å². The SMILES string of the molecule is CC(CCCC(=O)O)NC(=O)c1cc(Cl)nnc1Cl. The quantitative estimate of drug-likeness (QED) is 0.840. The molecule has 1 atom stereocenters. The molecule has 1 rings (SSSR count). The molecule has 6 nitrogen and oxygen atoms in total. The van der Waals surface area contributed by atoms with Gasteiger partial charge in [0.1, 0.15) is 0 Å². The van der Waals surface area contributed by atoms with E-state index in [0.29, 0.717) is 12.8 Å². The van der Waals surface area contributed by atoms with E-state index >= 15 is 0 Å². The lowest BCUT2D eigenvalue weighted by atomic mass is 10.1. The van der Waals surface area contributed by atoms with E-state index < -0.39 is 11.9 Å². The van der Waals surface area contributed by atoms with Crippen molar-refractivity contribution in [3.05, 3.63) is 21.9 Å². The van der Waals surface area contributed by atoms with Crippen LogP contribution < -0.4 is 5.32 Å². The molecule has 1 aromatic heterocycles. The van der Waals surface area contributed by atoms with E-state index in [1.165, 1.54) is 6.07 Å². The molecule has 0 saturated heterocycles. The summed E-state index contributed by atoms with van der Waals surface area (Å²) in [5, 5.41) is 18.3. The first-order chi connectivity index (χ1) is 8.90. The first-order valence-electron chi connectivity index (χ1n) is 5.61. The van der Waals surface area contributed by atoms with Crippen molar-refractivity contribution >= 4 is 35.1 Å². The lowest BCUT2D eigenvalue weighted by Gasteiger charge is -2.13. The molecule has 0 bridgehead atoms. The Balaban J connectivity index is 2.54. The summed E-state index contributed by atoms with van der Waals surface area (Å²) < 4.78 is 0. The molecule has 0 fully saturated rings. The highest BCUT2D eigenvalue weighted by Gasteiger charge is 2.15. The number of hydrogen-bond acceptors (Lipinski definition) is 4. The van der Waals surface area contributed by atoms with Gasteiger partial charge in [-0.25, -0.2) is 0 Å². The van der Waals surface area contributed by atoms with Gasteiger partial charge in [-0.15, -0.1) is 10.2 Å². The molecule has 1 heterocycles. The Morgan fingerprint density at radius 1 is 1.42 bits per heavy atom. The van der Waals surface area contributed by atoms with Crippen molar-refractivity contribution in [2.24, 2.45) is 0 Å². The lowest BCUT2D eigenvalue weighted by Crippen LogP contribution is -2.33. The molecule has 1 aromatic rings. The van der Waals surface area contributed by atoms with Gasteiger partial charge in [-0.2, -0.15) is 0 Å². The van der Waals surface area contributed by atoms with Crippen molar-refractivity contribution in [1.29, 1.82) is 0 Å². The third kappa shape index (κ3) is 5.40. The monoisotopic (exact) mass is 305 g/mol. The van der Waals surface area contributed by atoms with Gasteiger partial charge in [-0.1, -0.05) is 23.2 Å². The molecule has 0 aliphatic rings. The summed E-state index contributed by atoms with van der Waals surface area (Å²) in [5.74, 6) is -1.27. The van der Waals surface area contributed by atoms with Crippen LogP contribution in [0.15, 0.2) is 6.07 Å². The number of carbonyl (C=O) groups is 2. The average Bonchev–Trinajstić information content (AvgIpc) is 2.31. The van der Waals surface area contributed by atoms with Crippen LogP contribution in [0.3, 0.4) is 0 Å². The van der Waals surface area contributed by atoms with Crippen LogP contribution in [0.2, 0.25) is 10.3 Å². The van der Waals surface area contributed by atoms with E-state index in [2.05, 4.69) is 15.5 Å². The molecular formula is C11H13Cl2N3O3. The number of carboxylic acids is 1. The van der Waals surface area contributed by atoms with Crippen LogP contribution in [-0.4, -0.2) is 33.2 Å². The maximum absolute atomic E-state index is 11.9. The number of nitrogens with zero attached hydrogens (tertiary/aromatic N) is 2. The number of rotatable bonds is 6. The minimum atomic E-state index is -0.855. The second-order valence-electron chi connectivity index (χ2n) is 4.03. The molecule has 1 amide bonds. The number of carbonyl (C=O) groups excluding carboxylic acids is 1. The number of aromatic nitrogens is 2. The fourth-order valence-electron chi connectivity index (χ4n) is 1.45. The Kier molecular flexibility index (Phi) is 5.98. The topological polar surface area (TPSA) is 92.2 Å². The van der Waals surface area contributed by atoms with E-state index in [9.17, 15) is 9.59 Å². The molecule has 0 aliphatic carbocycles. The highest BCUT2D eigenvalue weighted by molar-refractivity contribution is 6.34. The number of hydrogen-bond donors (Lipinski definition) is 2. The average molecular weight is 306 g/mol. The number of carboxylic acid groups (broad SMARTS) is 1. The number of halogens is 2. The molecule has 0 spiro atoms. The molecule has 0 aromatic carbocycles. The Morgan fingerprint density at radius 2 is 2.11 bits per heavy atom. The van der Waals surface area contributed by atoms with Crippen LogP contribution in [0.4, 0.5) is 0 Å². The molecule has 104 valence electrons. The summed E-state index contributed by atoms with van der Waals surface area (Å²) in [6.45, 7) is 1.78. The smallest absolute Gasteiger partial charge is 0.303 e. The van der Waals surface area contributed by atoms with Gasteiger partial charge in [-0.3, -0.25) is 9.59 Å². The van der Waals surface area contributed by atoms with Crippen molar-refractivity contribution in [3.8, 4) is 0 Å². The zero-order valence-corrected chi connectivity index (χ0v) is 11.7. The van der Waals surface area contributed by atoms with Crippen LogP contribution in [0.5, 0.6) is 0 Å². The van der Waals surface area contributed by atoms with Gasteiger partial charge in [0.2, 0.25) is 0 Å². The van der Waals surface area contributed by atoms with Crippen molar-refractivity contribution in [3.63, 3.8) is 0 Å². The van der Waals surface area contributed by atoms with Gasteiger partial charge >= 0.3 is 5.97 Å². The normalized spacial score (nSPS) is 11.9. The minimum absolute atomic E-state index is 0.0281. The highest BCUT2D eigenvalue weighted by Crippen LogP contribution is 2.15. The van der Waals surface area contributed by atoms with Crippen LogP contribution in [0.25, 0.3) is 0 Å². The third-order valence-electron chi connectivity index (χ3n) is 2.37. The molecule has 0 aliphatic heterocycles. The largest absolute Gasteiger partial charge is 0.481 e. The summed E-state index contributed by atoms with van der Waals surface area (Å²) in [5.41, 5.74) is 0.145. The maximum Gasteiger partial charge on any atom is 0.303 e. The predicted molar refractivity (Wildman–Crippen MR) is 70.5 cm³/mol. The molecular weight excluding hydrogens is 293 g/mol. The van der Waals surface area contributed by atoms with Gasteiger partial charge < -0.3 is 10.4 Å². The lowest BCUT2D eigenvalue weighted by molar-refractivity contribution is -0.137. The number of amides is 1. The van der Waals surface area contributed by atoms with Crippen LogP contribution in [0, 0.1) is 0 Å². The molecule has 0 saturated carbocycles. The number of aliphatic carboxylic acids is 1. The first-order valence-corrected chi connectivity index (χ1v) is 6.37. The summed E-state index contributed by atoms with van der Waals surface area (Å²) in [7, 11) is 0. The van der Waals surface area contributed by atoms with E-state index in [4.69, 9.17) is 28.3 Å². The first kappa shape index (κ1) is 15.7. The van der Waals surface area contributed by atoms with E-state index in [-0.39, 0.29) is 28.3 Å². The third-order valence-corrected chi connectivity index (χ3v) is 2.83. The summed E-state index contributed by atoms with van der Waals surface area (Å²) in [4.78, 5) is 22.3. The fraction of sp³-hybridized carbons (Fsp3) is 0.455. The molecule has 0 radical (unpaired) electrons. The summed E-state index contributed by atoms with van der Waals surface area (Å²) in [6.07, 6.45) is 1.12. The van der Waals surface area contributed by atoms with E-state index in [1.54, 1.807) is 6.92 Å². The van der Waals surface area contributed by atoms with Gasteiger partial charge in [-0.05, 0) is 25.8 Å². The summed E-state index contributed by atoms with van der Waals surface area (Å²) in [6, 6.07) is 1.16.